The highest BCUT2D eigenvalue weighted by atomic mass is 16.5. The van der Waals surface area contributed by atoms with E-state index in [9.17, 15) is 4.79 Å². The third-order valence-corrected chi connectivity index (χ3v) is 1.98. The zero-order valence-electron chi connectivity index (χ0n) is 7.59. The fraction of sp³-hybridized carbons (Fsp3) is 0.667. The molecule has 0 saturated heterocycles. The standard InChI is InChI=1S/C9H15NO2/c1-3-12-8(11)10-9(2)6-4-5-7-9/h4-5H,3,6-7H2,1-2H3,(H,10,11). The highest BCUT2D eigenvalue weighted by Gasteiger charge is 2.27. The van der Waals surface area contributed by atoms with Gasteiger partial charge in [0.25, 0.3) is 0 Å². The monoisotopic (exact) mass is 169 g/mol. The van der Waals surface area contributed by atoms with Crippen LogP contribution in [0.4, 0.5) is 4.79 Å². The number of nitrogens with one attached hydrogen (secondary N) is 1. The third kappa shape index (κ3) is 2.26. The number of ether oxygens (including phenoxy) is 1. The third-order valence-electron chi connectivity index (χ3n) is 1.98. The Morgan fingerprint density at radius 1 is 1.58 bits per heavy atom. The fourth-order valence-electron chi connectivity index (χ4n) is 1.29. The molecule has 0 atom stereocenters. The minimum Gasteiger partial charge on any atom is -0.450 e. The predicted molar refractivity (Wildman–Crippen MR) is 46.9 cm³/mol. The minimum absolute atomic E-state index is 0.119. The normalized spacial score (nSPS) is 19.2. The summed E-state index contributed by atoms with van der Waals surface area (Å²) in [5.74, 6) is 0. The van der Waals surface area contributed by atoms with E-state index >= 15 is 0 Å². The summed E-state index contributed by atoms with van der Waals surface area (Å²) in [4.78, 5) is 11.0. The lowest BCUT2D eigenvalue weighted by Gasteiger charge is -2.24. The first-order valence-electron chi connectivity index (χ1n) is 4.26. The van der Waals surface area contributed by atoms with Crippen LogP contribution in [0, 0.1) is 0 Å². The summed E-state index contributed by atoms with van der Waals surface area (Å²) in [6.07, 6.45) is 5.62. The molecule has 1 amide bonds. The van der Waals surface area contributed by atoms with E-state index in [4.69, 9.17) is 4.74 Å². The van der Waals surface area contributed by atoms with Gasteiger partial charge in [0.2, 0.25) is 0 Å². The van der Waals surface area contributed by atoms with Crippen LogP contribution in [-0.4, -0.2) is 18.2 Å². The maximum Gasteiger partial charge on any atom is 0.407 e. The molecule has 0 unspecified atom stereocenters. The van der Waals surface area contributed by atoms with Crippen LogP contribution in [-0.2, 0) is 4.74 Å². The molecule has 0 heterocycles. The molecule has 0 aromatic heterocycles. The molecule has 68 valence electrons. The Morgan fingerprint density at radius 3 is 2.67 bits per heavy atom. The summed E-state index contributed by atoms with van der Waals surface area (Å²) in [5, 5.41) is 2.83. The molecule has 0 aromatic carbocycles. The Bertz CT molecular complexity index is 191. The average Bonchev–Trinajstić information content (AvgIpc) is 2.36. The molecular weight excluding hydrogens is 154 g/mol. The van der Waals surface area contributed by atoms with Gasteiger partial charge in [-0.25, -0.2) is 4.79 Å². The number of carbonyl (C=O) groups is 1. The SMILES string of the molecule is CCOC(=O)NC1(C)CC=CC1. The Hall–Kier alpha value is -0.990. The Balaban J connectivity index is 2.34. The summed E-state index contributed by atoms with van der Waals surface area (Å²) in [5.41, 5.74) is -0.119. The number of hydrogen-bond donors (Lipinski definition) is 1. The van der Waals surface area contributed by atoms with Crippen molar-refractivity contribution < 1.29 is 9.53 Å². The Labute approximate surface area is 72.8 Å². The second-order valence-electron chi connectivity index (χ2n) is 3.29. The molecule has 0 saturated carbocycles. The van der Waals surface area contributed by atoms with E-state index in [0.29, 0.717) is 6.61 Å². The summed E-state index contributed by atoms with van der Waals surface area (Å²) < 4.78 is 4.79. The van der Waals surface area contributed by atoms with Crippen LogP contribution in [0.2, 0.25) is 0 Å². The van der Waals surface area contributed by atoms with Crippen LogP contribution in [0.3, 0.4) is 0 Å². The molecule has 3 nitrogen and oxygen atoms in total. The van der Waals surface area contributed by atoms with E-state index in [1.807, 2.05) is 6.92 Å². The topological polar surface area (TPSA) is 38.3 Å². The van der Waals surface area contributed by atoms with Crippen molar-refractivity contribution in [1.29, 1.82) is 0 Å². The first-order valence-corrected chi connectivity index (χ1v) is 4.26. The molecule has 0 aliphatic heterocycles. The van der Waals surface area contributed by atoms with Crippen LogP contribution in [0.25, 0.3) is 0 Å². The molecule has 1 aliphatic carbocycles. The maximum atomic E-state index is 11.0. The smallest absolute Gasteiger partial charge is 0.407 e. The first-order chi connectivity index (χ1) is 5.66. The number of alkyl carbamates (subject to hydrolysis) is 1. The number of hydrogen-bond acceptors (Lipinski definition) is 2. The van der Waals surface area contributed by atoms with Crippen molar-refractivity contribution in [1.82, 2.24) is 5.32 Å². The second kappa shape index (κ2) is 3.61. The molecular formula is C9H15NO2. The van der Waals surface area contributed by atoms with Crippen LogP contribution < -0.4 is 5.32 Å². The predicted octanol–water partition coefficient (Wildman–Crippen LogP) is 1.84. The summed E-state index contributed by atoms with van der Waals surface area (Å²) >= 11 is 0. The summed E-state index contributed by atoms with van der Waals surface area (Å²) in [6, 6.07) is 0. The number of amides is 1. The minimum atomic E-state index is -0.316. The largest absolute Gasteiger partial charge is 0.450 e. The lowest BCUT2D eigenvalue weighted by molar-refractivity contribution is 0.141. The molecule has 0 fully saturated rings. The van der Waals surface area contributed by atoms with Gasteiger partial charge in [-0.2, -0.15) is 0 Å². The van der Waals surface area contributed by atoms with Gasteiger partial charge in [-0.1, -0.05) is 12.2 Å². The highest BCUT2D eigenvalue weighted by molar-refractivity contribution is 5.68. The van der Waals surface area contributed by atoms with E-state index in [2.05, 4.69) is 17.5 Å². The molecule has 0 bridgehead atoms. The van der Waals surface area contributed by atoms with Gasteiger partial charge in [0, 0.05) is 5.54 Å². The molecule has 0 spiro atoms. The van der Waals surface area contributed by atoms with Crippen molar-refractivity contribution >= 4 is 6.09 Å². The van der Waals surface area contributed by atoms with E-state index < -0.39 is 0 Å². The van der Waals surface area contributed by atoms with Crippen molar-refractivity contribution in [3.05, 3.63) is 12.2 Å². The average molecular weight is 169 g/mol. The van der Waals surface area contributed by atoms with E-state index in [0.717, 1.165) is 12.8 Å². The van der Waals surface area contributed by atoms with Gasteiger partial charge < -0.3 is 10.1 Å². The van der Waals surface area contributed by atoms with Gasteiger partial charge in [-0.05, 0) is 26.7 Å². The van der Waals surface area contributed by atoms with Crippen LogP contribution in [0.1, 0.15) is 26.7 Å². The van der Waals surface area contributed by atoms with Gasteiger partial charge in [0.05, 0.1) is 6.61 Å². The molecule has 3 heteroatoms. The van der Waals surface area contributed by atoms with Gasteiger partial charge >= 0.3 is 6.09 Å². The molecule has 1 aliphatic rings. The molecule has 1 N–H and O–H groups in total. The van der Waals surface area contributed by atoms with Crippen molar-refractivity contribution in [2.24, 2.45) is 0 Å². The van der Waals surface area contributed by atoms with Crippen molar-refractivity contribution in [3.63, 3.8) is 0 Å². The summed E-state index contributed by atoms with van der Waals surface area (Å²) in [6.45, 7) is 4.24. The van der Waals surface area contributed by atoms with Gasteiger partial charge in [0.1, 0.15) is 0 Å². The second-order valence-corrected chi connectivity index (χ2v) is 3.29. The number of rotatable bonds is 2. The highest BCUT2D eigenvalue weighted by Crippen LogP contribution is 2.22. The van der Waals surface area contributed by atoms with E-state index in [-0.39, 0.29) is 11.6 Å². The first kappa shape index (κ1) is 9.10. The Morgan fingerprint density at radius 2 is 2.17 bits per heavy atom. The zero-order valence-corrected chi connectivity index (χ0v) is 7.59. The fourth-order valence-corrected chi connectivity index (χ4v) is 1.29. The van der Waals surface area contributed by atoms with Crippen molar-refractivity contribution in [2.75, 3.05) is 6.61 Å². The lowest BCUT2D eigenvalue weighted by atomic mass is 10.0. The van der Waals surface area contributed by atoms with Crippen LogP contribution >= 0.6 is 0 Å². The van der Waals surface area contributed by atoms with Gasteiger partial charge in [-0.15, -0.1) is 0 Å². The molecule has 0 aromatic rings. The Kier molecular flexibility index (Phi) is 2.74. The van der Waals surface area contributed by atoms with Gasteiger partial charge in [0.15, 0.2) is 0 Å². The van der Waals surface area contributed by atoms with E-state index in [1.165, 1.54) is 0 Å². The molecule has 12 heavy (non-hydrogen) atoms. The van der Waals surface area contributed by atoms with Crippen LogP contribution in [0.5, 0.6) is 0 Å². The molecule has 1 rings (SSSR count). The lowest BCUT2D eigenvalue weighted by Crippen LogP contribution is -2.44. The van der Waals surface area contributed by atoms with E-state index in [1.54, 1.807) is 6.92 Å². The quantitative estimate of drug-likeness (QED) is 0.640. The van der Waals surface area contributed by atoms with Crippen molar-refractivity contribution in [2.45, 2.75) is 32.2 Å². The molecule has 0 radical (unpaired) electrons. The van der Waals surface area contributed by atoms with Gasteiger partial charge in [-0.3, -0.25) is 0 Å². The zero-order chi connectivity index (χ0) is 9.03. The maximum absolute atomic E-state index is 11.0. The van der Waals surface area contributed by atoms with Crippen LogP contribution in [0.15, 0.2) is 12.2 Å². The summed E-state index contributed by atoms with van der Waals surface area (Å²) in [7, 11) is 0. The van der Waals surface area contributed by atoms with Crippen molar-refractivity contribution in [3.8, 4) is 0 Å². The number of carbonyl (C=O) groups excluding carboxylic acids is 1.